The van der Waals surface area contributed by atoms with E-state index in [1.165, 1.54) is 18.5 Å². The number of carbonyl (C=O) groups is 2. The Balaban J connectivity index is 0.000000162. The minimum Gasteiger partial charge on any atom is -0.467 e. The first-order chi connectivity index (χ1) is 25.4. The van der Waals surface area contributed by atoms with E-state index >= 15 is 0 Å². The molecule has 0 unspecified atom stereocenters. The predicted molar refractivity (Wildman–Crippen MR) is 203 cm³/mol. The van der Waals surface area contributed by atoms with E-state index in [4.69, 9.17) is 4.42 Å². The molecule has 0 atom stereocenters. The summed E-state index contributed by atoms with van der Waals surface area (Å²) >= 11 is 0. The van der Waals surface area contributed by atoms with Crippen LogP contribution in [0.5, 0.6) is 0 Å². The molecule has 0 aliphatic carbocycles. The largest absolute Gasteiger partial charge is 0.467 e. The standard InChI is InChI=1S/C21H22N4O.C21H17N3O2/c1-15-19(13-17-5-4-10-22-20(17)24-15)21(26)23-14-16-6-8-18(9-7-16)25-11-2-3-12-25;1-14-19(11-16-8-5-9-22-20(16)24-14)21(25)23-12-18-10-17(13-26-18)15-6-3-2-4-7-15/h4-10,13H,2-3,11-12,14H2,1H3,(H,23,26);2-11,13H,12H2,1H3,(H,23,25). The third-order valence-electron chi connectivity index (χ3n) is 9.09. The Bertz CT molecular complexity index is 2330. The smallest absolute Gasteiger partial charge is 0.253 e. The lowest BCUT2D eigenvalue weighted by Gasteiger charge is -2.17. The van der Waals surface area contributed by atoms with Gasteiger partial charge in [0.2, 0.25) is 0 Å². The maximum Gasteiger partial charge on any atom is 0.253 e. The fourth-order valence-electron chi connectivity index (χ4n) is 6.24. The highest BCUT2D eigenvalue weighted by Gasteiger charge is 2.15. The summed E-state index contributed by atoms with van der Waals surface area (Å²) in [5.74, 6) is 0.410. The van der Waals surface area contributed by atoms with Crippen molar-refractivity contribution in [2.24, 2.45) is 0 Å². The summed E-state index contributed by atoms with van der Waals surface area (Å²) < 4.78 is 5.57. The predicted octanol–water partition coefficient (Wildman–Crippen LogP) is 7.60. The molecule has 2 amide bonds. The molecular formula is C42H39N7O3. The number of fused-ring (bicyclic) bond motifs is 2. The van der Waals surface area contributed by atoms with Crippen LogP contribution in [0, 0.1) is 13.8 Å². The molecular weight excluding hydrogens is 651 g/mol. The van der Waals surface area contributed by atoms with Gasteiger partial charge in [-0.1, -0.05) is 42.5 Å². The molecule has 5 aromatic heterocycles. The van der Waals surface area contributed by atoms with Gasteiger partial charge in [0.05, 0.1) is 35.3 Å². The van der Waals surface area contributed by atoms with Crippen LogP contribution in [0.15, 0.2) is 120 Å². The van der Waals surface area contributed by atoms with Crippen LogP contribution in [0.2, 0.25) is 0 Å². The lowest BCUT2D eigenvalue weighted by molar-refractivity contribution is 0.0940. The minimum absolute atomic E-state index is 0.107. The molecule has 1 aliphatic rings. The van der Waals surface area contributed by atoms with Crippen molar-refractivity contribution in [2.45, 2.75) is 39.8 Å². The molecule has 1 saturated heterocycles. The number of pyridine rings is 4. The normalized spacial score (nSPS) is 12.4. The van der Waals surface area contributed by atoms with E-state index in [1.54, 1.807) is 18.7 Å². The quantitative estimate of drug-likeness (QED) is 0.167. The highest BCUT2D eigenvalue weighted by molar-refractivity contribution is 5.99. The van der Waals surface area contributed by atoms with Crippen molar-refractivity contribution in [3.8, 4) is 11.1 Å². The Labute approximate surface area is 302 Å². The molecule has 52 heavy (non-hydrogen) atoms. The van der Waals surface area contributed by atoms with Crippen LogP contribution in [-0.4, -0.2) is 44.8 Å². The number of rotatable bonds is 8. The fraction of sp³-hybridized carbons (Fsp3) is 0.190. The first kappa shape index (κ1) is 34.0. The van der Waals surface area contributed by atoms with Crippen molar-refractivity contribution in [2.75, 3.05) is 18.0 Å². The van der Waals surface area contributed by atoms with Crippen LogP contribution in [0.25, 0.3) is 33.2 Å². The molecule has 6 heterocycles. The average molecular weight is 690 g/mol. The maximum absolute atomic E-state index is 12.6. The van der Waals surface area contributed by atoms with Crippen LogP contribution in [0.4, 0.5) is 5.69 Å². The van der Waals surface area contributed by atoms with Crippen LogP contribution in [-0.2, 0) is 13.1 Å². The molecule has 1 fully saturated rings. The monoisotopic (exact) mass is 689 g/mol. The van der Waals surface area contributed by atoms with Gasteiger partial charge in [0, 0.05) is 54.1 Å². The van der Waals surface area contributed by atoms with Gasteiger partial charge in [-0.3, -0.25) is 9.59 Å². The second-order valence-corrected chi connectivity index (χ2v) is 12.7. The zero-order valence-electron chi connectivity index (χ0n) is 29.2. The third kappa shape index (κ3) is 7.97. The number of hydrogen-bond donors (Lipinski definition) is 2. The lowest BCUT2D eigenvalue weighted by Crippen LogP contribution is -2.24. The molecule has 0 spiro atoms. The van der Waals surface area contributed by atoms with E-state index in [1.807, 2.05) is 86.6 Å². The summed E-state index contributed by atoms with van der Waals surface area (Å²) in [5.41, 5.74) is 8.21. The molecule has 0 radical (unpaired) electrons. The minimum atomic E-state index is -0.182. The van der Waals surface area contributed by atoms with E-state index < -0.39 is 0 Å². The van der Waals surface area contributed by atoms with Gasteiger partial charge in [0.25, 0.3) is 11.8 Å². The molecule has 0 saturated carbocycles. The number of amides is 2. The van der Waals surface area contributed by atoms with Gasteiger partial charge in [-0.25, -0.2) is 19.9 Å². The number of carbonyl (C=O) groups excluding carboxylic acids is 2. The third-order valence-corrected chi connectivity index (χ3v) is 9.09. The summed E-state index contributed by atoms with van der Waals surface area (Å²) in [4.78, 5) is 44.8. The van der Waals surface area contributed by atoms with E-state index in [0.29, 0.717) is 52.7 Å². The summed E-state index contributed by atoms with van der Waals surface area (Å²) in [6, 6.07) is 31.5. The second kappa shape index (κ2) is 15.6. The number of benzene rings is 2. The second-order valence-electron chi connectivity index (χ2n) is 12.7. The fourth-order valence-corrected chi connectivity index (χ4v) is 6.24. The van der Waals surface area contributed by atoms with Crippen molar-refractivity contribution in [1.29, 1.82) is 0 Å². The van der Waals surface area contributed by atoms with Crippen molar-refractivity contribution in [3.05, 3.63) is 150 Å². The van der Waals surface area contributed by atoms with Crippen LogP contribution in [0.3, 0.4) is 0 Å². The molecule has 7 aromatic rings. The molecule has 2 aromatic carbocycles. The molecule has 0 bridgehead atoms. The van der Waals surface area contributed by atoms with Crippen LogP contribution < -0.4 is 15.5 Å². The first-order valence-electron chi connectivity index (χ1n) is 17.4. The van der Waals surface area contributed by atoms with Gasteiger partial charge in [-0.15, -0.1) is 0 Å². The van der Waals surface area contributed by atoms with E-state index in [-0.39, 0.29) is 11.8 Å². The molecule has 2 N–H and O–H groups in total. The van der Waals surface area contributed by atoms with Crippen molar-refractivity contribution in [3.63, 3.8) is 0 Å². The number of anilines is 1. The van der Waals surface area contributed by atoms with Crippen molar-refractivity contribution >= 4 is 39.6 Å². The summed E-state index contributed by atoms with van der Waals surface area (Å²) in [6.45, 7) is 6.75. The van der Waals surface area contributed by atoms with Crippen LogP contribution in [0.1, 0.15) is 56.3 Å². The van der Waals surface area contributed by atoms with Crippen molar-refractivity contribution in [1.82, 2.24) is 30.6 Å². The number of nitrogens with zero attached hydrogens (tertiary/aromatic N) is 5. The zero-order chi connectivity index (χ0) is 35.9. The van der Waals surface area contributed by atoms with Crippen LogP contribution >= 0.6 is 0 Å². The Morgan fingerprint density at radius 3 is 1.85 bits per heavy atom. The van der Waals surface area contributed by atoms with E-state index in [0.717, 1.165) is 40.6 Å². The Hall–Kier alpha value is -6.42. The summed E-state index contributed by atoms with van der Waals surface area (Å²) in [7, 11) is 0. The lowest BCUT2D eigenvalue weighted by atomic mass is 10.1. The summed E-state index contributed by atoms with van der Waals surface area (Å²) in [5, 5.41) is 7.60. The number of furan rings is 1. The first-order valence-corrected chi connectivity index (χ1v) is 17.4. The van der Waals surface area contributed by atoms with E-state index in [9.17, 15) is 9.59 Å². The highest BCUT2D eigenvalue weighted by Crippen LogP contribution is 2.23. The maximum atomic E-state index is 12.6. The molecule has 260 valence electrons. The van der Waals surface area contributed by atoms with Gasteiger partial charge >= 0.3 is 0 Å². The van der Waals surface area contributed by atoms with Gasteiger partial charge in [0.15, 0.2) is 11.3 Å². The van der Waals surface area contributed by atoms with Crippen molar-refractivity contribution < 1.29 is 14.0 Å². The van der Waals surface area contributed by atoms with Gasteiger partial charge in [-0.2, -0.15) is 0 Å². The Morgan fingerprint density at radius 1 is 0.673 bits per heavy atom. The number of hydrogen-bond acceptors (Lipinski definition) is 8. The average Bonchev–Trinajstić information content (AvgIpc) is 3.90. The molecule has 10 heteroatoms. The van der Waals surface area contributed by atoms with Gasteiger partial charge in [-0.05, 0) is 92.4 Å². The van der Waals surface area contributed by atoms with E-state index in [2.05, 4.69) is 59.7 Å². The van der Waals surface area contributed by atoms with Gasteiger partial charge < -0.3 is 20.0 Å². The Morgan fingerprint density at radius 2 is 1.25 bits per heavy atom. The summed E-state index contributed by atoms with van der Waals surface area (Å²) in [6.07, 6.45) is 7.64. The molecule has 10 nitrogen and oxygen atoms in total. The number of aryl methyl sites for hydroxylation is 2. The molecule has 8 rings (SSSR count). The highest BCUT2D eigenvalue weighted by atomic mass is 16.3. The number of aromatic nitrogens is 4. The topological polar surface area (TPSA) is 126 Å². The Kier molecular flexibility index (Phi) is 10.2. The zero-order valence-corrected chi connectivity index (χ0v) is 29.2. The molecule has 1 aliphatic heterocycles. The van der Waals surface area contributed by atoms with Gasteiger partial charge in [0.1, 0.15) is 5.76 Å². The number of nitrogens with one attached hydrogen (secondary N) is 2. The SMILES string of the molecule is Cc1nc2ncccc2cc1C(=O)NCc1cc(-c2ccccc2)co1.Cc1nc2ncccc2cc1C(=O)NCc1ccc(N2CCCC2)cc1.